The lowest BCUT2D eigenvalue weighted by Gasteiger charge is -2.34. The number of pyridine rings is 1. The topological polar surface area (TPSA) is 53.9 Å². The van der Waals surface area contributed by atoms with Gasteiger partial charge in [0.2, 0.25) is 0 Å². The molecule has 0 atom stereocenters. The second-order valence-electron chi connectivity index (χ2n) is 7.21. The van der Waals surface area contributed by atoms with Crippen LogP contribution in [0.15, 0.2) is 54.9 Å². The van der Waals surface area contributed by atoms with E-state index in [0.717, 1.165) is 48.8 Å². The monoisotopic (exact) mass is 359 g/mol. The smallest absolute Gasteiger partial charge is 0.163 e. The average molecular weight is 359 g/mol. The number of benzene rings is 1. The summed E-state index contributed by atoms with van der Waals surface area (Å²) >= 11 is 0. The van der Waals surface area contributed by atoms with Gasteiger partial charge in [0.1, 0.15) is 5.82 Å². The molecule has 0 spiro atoms. The third-order valence-electron chi connectivity index (χ3n) is 4.97. The van der Waals surface area contributed by atoms with Crippen molar-refractivity contribution < 1.29 is 0 Å². The number of nitrogens with one attached hydrogen (secondary N) is 1. The molecule has 0 saturated carbocycles. The summed E-state index contributed by atoms with van der Waals surface area (Å²) in [5.74, 6) is 1.76. The number of hydrogen-bond acceptors (Lipinski definition) is 5. The summed E-state index contributed by atoms with van der Waals surface area (Å²) in [5.41, 5.74) is 4.44. The fourth-order valence-electron chi connectivity index (χ4n) is 3.56. The van der Waals surface area contributed by atoms with E-state index in [9.17, 15) is 0 Å². The summed E-state index contributed by atoms with van der Waals surface area (Å²) in [6.45, 7) is 6.14. The number of hydrogen-bond donors (Lipinski definition) is 1. The molecule has 0 aliphatic carbocycles. The molecular weight excluding hydrogens is 334 g/mol. The van der Waals surface area contributed by atoms with Crippen molar-refractivity contribution in [3.8, 4) is 11.4 Å². The largest absolute Gasteiger partial charge is 0.382 e. The van der Waals surface area contributed by atoms with Crippen molar-refractivity contribution in [2.24, 2.45) is 0 Å². The lowest BCUT2D eigenvalue weighted by molar-refractivity contribution is 0.523. The summed E-state index contributed by atoms with van der Waals surface area (Å²) < 4.78 is 0. The molecule has 5 heteroatoms. The van der Waals surface area contributed by atoms with Gasteiger partial charge in [-0.1, -0.05) is 12.1 Å². The van der Waals surface area contributed by atoms with Crippen molar-refractivity contribution in [3.63, 3.8) is 0 Å². The van der Waals surface area contributed by atoms with Crippen LogP contribution < -0.4 is 10.2 Å². The number of anilines is 2. The van der Waals surface area contributed by atoms with Crippen LogP contribution in [0, 0.1) is 13.8 Å². The summed E-state index contributed by atoms with van der Waals surface area (Å²) in [7, 11) is 0. The van der Waals surface area contributed by atoms with E-state index in [4.69, 9.17) is 4.98 Å². The number of rotatable bonds is 4. The molecule has 1 N–H and O–H groups in total. The zero-order valence-corrected chi connectivity index (χ0v) is 15.9. The quantitative estimate of drug-likeness (QED) is 0.755. The fourth-order valence-corrected chi connectivity index (χ4v) is 3.56. The van der Waals surface area contributed by atoms with E-state index in [2.05, 4.69) is 57.4 Å². The van der Waals surface area contributed by atoms with Crippen LogP contribution >= 0.6 is 0 Å². The molecule has 0 radical (unpaired) electrons. The van der Waals surface area contributed by atoms with Gasteiger partial charge in [-0.2, -0.15) is 0 Å². The lowest BCUT2D eigenvalue weighted by atomic mass is 10.0. The van der Waals surface area contributed by atoms with Crippen LogP contribution in [0.3, 0.4) is 0 Å². The molecule has 3 heterocycles. The SMILES string of the molecule is Cc1cccc(NC2CCN(c3cc(C)nc(-c4cccnc4)n3)CC2)c1. The maximum absolute atomic E-state index is 4.80. The third-order valence-corrected chi connectivity index (χ3v) is 4.97. The molecular formula is C22H25N5. The molecule has 3 aromatic rings. The van der Waals surface area contributed by atoms with Gasteiger partial charge in [0, 0.05) is 54.5 Å². The number of nitrogens with zero attached hydrogens (tertiary/aromatic N) is 4. The Hall–Kier alpha value is -2.95. The van der Waals surface area contributed by atoms with Crippen LogP contribution in [0.5, 0.6) is 0 Å². The van der Waals surface area contributed by atoms with Gasteiger partial charge in [-0.25, -0.2) is 9.97 Å². The van der Waals surface area contributed by atoms with Crippen LogP contribution in [0.2, 0.25) is 0 Å². The molecule has 27 heavy (non-hydrogen) atoms. The van der Waals surface area contributed by atoms with E-state index < -0.39 is 0 Å². The number of aryl methyl sites for hydroxylation is 2. The average Bonchev–Trinajstić information content (AvgIpc) is 2.69. The van der Waals surface area contributed by atoms with Gasteiger partial charge in [-0.05, 0) is 56.5 Å². The van der Waals surface area contributed by atoms with Crippen molar-refractivity contribution in [3.05, 3.63) is 66.1 Å². The standard InChI is InChI=1S/C22H25N5/c1-16-5-3-7-20(13-16)25-19-8-11-27(12-9-19)21-14-17(2)24-22(26-21)18-6-4-10-23-15-18/h3-7,10,13-15,19,25H,8-9,11-12H2,1-2H3. The highest BCUT2D eigenvalue weighted by Gasteiger charge is 2.21. The molecule has 1 aromatic carbocycles. The van der Waals surface area contributed by atoms with E-state index in [-0.39, 0.29) is 0 Å². The zero-order valence-electron chi connectivity index (χ0n) is 15.9. The molecule has 0 amide bonds. The molecule has 0 bridgehead atoms. The van der Waals surface area contributed by atoms with E-state index in [1.54, 1.807) is 6.20 Å². The Kier molecular flexibility index (Phi) is 5.01. The van der Waals surface area contributed by atoms with Gasteiger partial charge in [0.05, 0.1) is 0 Å². The third kappa shape index (κ3) is 4.25. The second-order valence-corrected chi connectivity index (χ2v) is 7.21. The van der Waals surface area contributed by atoms with Gasteiger partial charge in [-0.15, -0.1) is 0 Å². The highest BCUT2D eigenvalue weighted by atomic mass is 15.2. The highest BCUT2D eigenvalue weighted by Crippen LogP contribution is 2.24. The molecule has 0 unspecified atom stereocenters. The first-order valence-electron chi connectivity index (χ1n) is 9.51. The summed E-state index contributed by atoms with van der Waals surface area (Å²) in [6, 6.07) is 15.1. The Morgan fingerprint density at radius 3 is 2.59 bits per heavy atom. The van der Waals surface area contributed by atoms with E-state index in [1.165, 1.54) is 11.3 Å². The minimum Gasteiger partial charge on any atom is -0.382 e. The Bertz CT molecular complexity index is 902. The molecule has 5 nitrogen and oxygen atoms in total. The molecule has 1 saturated heterocycles. The highest BCUT2D eigenvalue weighted by molar-refractivity contribution is 5.57. The molecule has 1 fully saturated rings. The van der Waals surface area contributed by atoms with Gasteiger partial charge < -0.3 is 10.2 Å². The summed E-state index contributed by atoms with van der Waals surface area (Å²) in [6.07, 6.45) is 5.78. The predicted molar refractivity (Wildman–Crippen MR) is 110 cm³/mol. The Balaban J connectivity index is 1.44. The Labute approximate surface area is 160 Å². The van der Waals surface area contributed by atoms with Crippen LogP contribution in [0.25, 0.3) is 11.4 Å². The first kappa shape index (κ1) is 17.5. The summed E-state index contributed by atoms with van der Waals surface area (Å²) in [4.78, 5) is 15.9. The first-order chi connectivity index (χ1) is 13.2. The van der Waals surface area contributed by atoms with Gasteiger partial charge in [0.25, 0.3) is 0 Å². The van der Waals surface area contributed by atoms with Crippen LogP contribution in [-0.2, 0) is 0 Å². The Morgan fingerprint density at radius 1 is 1.00 bits per heavy atom. The molecule has 2 aromatic heterocycles. The first-order valence-corrected chi connectivity index (χ1v) is 9.51. The lowest BCUT2D eigenvalue weighted by Crippen LogP contribution is -2.39. The maximum Gasteiger partial charge on any atom is 0.163 e. The molecule has 138 valence electrons. The van der Waals surface area contributed by atoms with Crippen LogP contribution in [0.1, 0.15) is 24.1 Å². The molecule has 1 aliphatic heterocycles. The minimum absolute atomic E-state index is 0.503. The van der Waals surface area contributed by atoms with Crippen molar-refractivity contribution in [1.82, 2.24) is 15.0 Å². The maximum atomic E-state index is 4.80. The minimum atomic E-state index is 0.503. The second kappa shape index (κ2) is 7.74. The van der Waals surface area contributed by atoms with Gasteiger partial charge in [0.15, 0.2) is 5.82 Å². The normalized spacial score (nSPS) is 15.0. The van der Waals surface area contributed by atoms with Crippen LogP contribution in [0.4, 0.5) is 11.5 Å². The summed E-state index contributed by atoms with van der Waals surface area (Å²) in [5, 5.41) is 3.67. The molecule has 4 rings (SSSR count). The van der Waals surface area contributed by atoms with Gasteiger partial charge >= 0.3 is 0 Å². The van der Waals surface area contributed by atoms with E-state index >= 15 is 0 Å². The Morgan fingerprint density at radius 2 is 1.85 bits per heavy atom. The van der Waals surface area contributed by atoms with E-state index in [0.29, 0.717) is 6.04 Å². The number of aromatic nitrogens is 3. The fraction of sp³-hybridized carbons (Fsp3) is 0.318. The van der Waals surface area contributed by atoms with E-state index in [1.807, 2.05) is 25.3 Å². The number of piperidine rings is 1. The van der Waals surface area contributed by atoms with Crippen LogP contribution in [-0.4, -0.2) is 34.1 Å². The zero-order chi connectivity index (χ0) is 18.6. The van der Waals surface area contributed by atoms with Gasteiger partial charge in [-0.3, -0.25) is 4.98 Å². The van der Waals surface area contributed by atoms with Crippen molar-refractivity contribution >= 4 is 11.5 Å². The predicted octanol–water partition coefficient (Wildman–Crippen LogP) is 4.24. The van der Waals surface area contributed by atoms with Crippen molar-refractivity contribution in [2.75, 3.05) is 23.3 Å². The van der Waals surface area contributed by atoms with Crippen molar-refractivity contribution in [1.29, 1.82) is 0 Å². The van der Waals surface area contributed by atoms with Crippen molar-refractivity contribution in [2.45, 2.75) is 32.7 Å². The molecule has 1 aliphatic rings.